The predicted molar refractivity (Wildman–Crippen MR) is 100 cm³/mol. The number of nitrogens with one attached hydrogen (secondary N) is 1. The van der Waals surface area contributed by atoms with E-state index in [1.807, 2.05) is 50.2 Å². The zero-order chi connectivity index (χ0) is 18.4. The Labute approximate surface area is 150 Å². The van der Waals surface area contributed by atoms with Gasteiger partial charge in [-0.2, -0.15) is 0 Å². The van der Waals surface area contributed by atoms with Gasteiger partial charge in [-0.25, -0.2) is 0 Å². The van der Waals surface area contributed by atoms with Crippen molar-refractivity contribution in [1.82, 2.24) is 5.32 Å². The molecular weight excluding hydrogens is 314 g/mol. The lowest BCUT2D eigenvalue weighted by Crippen LogP contribution is -2.38. The summed E-state index contributed by atoms with van der Waals surface area (Å²) < 4.78 is 11.4. The van der Waals surface area contributed by atoms with Crippen molar-refractivity contribution in [2.45, 2.75) is 40.7 Å². The molecule has 1 N–H and O–H groups in total. The van der Waals surface area contributed by atoms with Crippen LogP contribution in [0.4, 0.5) is 0 Å². The fourth-order valence-electron chi connectivity index (χ4n) is 2.37. The lowest BCUT2D eigenvalue weighted by atomic mass is 10.1. The van der Waals surface area contributed by atoms with Gasteiger partial charge in [-0.15, -0.1) is 0 Å². The van der Waals surface area contributed by atoms with Crippen LogP contribution < -0.4 is 14.8 Å². The first-order chi connectivity index (χ1) is 11.9. The molecule has 1 amide bonds. The third-order valence-corrected chi connectivity index (χ3v) is 4.17. The maximum absolute atomic E-state index is 12.2. The van der Waals surface area contributed by atoms with Crippen molar-refractivity contribution in [2.75, 3.05) is 13.2 Å². The van der Waals surface area contributed by atoms with Crippen molar-refractivity contribution in [3.05, 3.63) is 58.7 Å². The van der Waals surface area contributed by atoms with Crippen LogP contribution in [0.2, 0.25) is 0 Å². The van der Waals surface area contributed by atoms with Gasteiger partial charge in [0.1, 0.15) is 18.1 Å². The summed E-state index contributed by atoms with van der Waals surface area (Å²) in [7, 11) is 0. The van der Waals surface area contributed by atoms with E-state index in [2.05, 4.69) is 19.2 Å². The van der Waals surface area contributed by atoms with Crippen LogP contribution in [0.5, 0.6) is 11.5 Å². The van der Waals surface area contributed by atoms with E-state index in [1.54, 1.807) is 6.92 Å². The van der Waals surface area contributed by atoms with Crippen LogP contribution in [0.3, 0.4) is 0 Å². The fourth-order valence-corrected chi connectivity index (χ4v) is 2.37. The second kappa shape index (κ2) is 8.56. The van der Waals surface area contributed by atoms with Gasteiger partial charge in [0, 0.05) is 0 Å². The number of hydrogen-bond donors (Lipinski definition) is 1. The summed E-state index contributed by atoms with van der Waals surface area (Å²) in [5.41, 5.74) is 4.55. The molecule has 0 bridgehead atoms. The summed E-state index contributed by atoms with van der Waals surface area (Å²) >= 11 is 0. The molecule has 4 nitrogen and oxygen atoms in total. The molecule has 0 aliphatic rings. The molecule has 0 aliphatic heterocycles. The summed E-state index contributed by atoms with van der Waals surface area (Å²) in [6.45, 7) is 10.7. The number of ether oxygens (including phenoxy) is 2. The highest BCUT2D eigenvalue weighted by Gasteiger charge is 2.15. The van der Waals surface area contributed by atoms with E-state index in [-0.39, 0.29) is 5.91 Å². The molecule has 0 aromatic heterocycles. The average molecular weight is 341 g/mol. The molecule has 25 heavy (non-hydrogen) atoms. The lowest BCUT2D eigenvalue weighted by Gasteiger charge is -2.17. The number of carbonyl (C=O) groups excluding carboxylic acids is 1. The number of carbonyl (C=O) groups is 1. The molecule has 1 atom stereocenters. The molecule has 0 heterocycles. The Bertz CT molecular complexity index is 740. The molecule has 134 valence electrons. The van der Waals surface area contributed by atoms with Crippen LogP contribution >= 0.6 is 0 Å². The van der Waals surface area contributed by atoms with Gasteiger partial charge in [0.25, 0.3) is 5.91 Å². The molecular formula is C21H27NO3. The Morgan fingerprint density at radius 2 is 1.72 bits per heavy atom. The number of amides is 1. The number of benzene rings is 2. The quantitative estimate of drug-likeness (QED) is 0.778. The molecule has 4 heteroatoms. The average Bonchev–Trinajstić information content (AvgIpc) is 2.57. The minimum Gasteiger partial charge on any atom is -0.492 e. The third kappa shape index (κ3) is 5.52. The Balaban J connectivity index is 1.77. The molecule has 2 aromatic carbocycles. The Morgan fingerprint density at radius 1 is 1.00 bits per heavy atom. The van der Waals surface area contributed by atoms with Gasteiger partial charge in [0.15, 0.2) is 6.10 Å². The van der Waals surface area contributed by atoms with Crippen molar-refractivity contribution in [1.29, 1.82) is 0 Å². The lowest BCUT2D eigenvalue weighted by molar-refractivity contribution is -0.127. The highest BCUT2D eigenvalue weighted by molar-refractivity contribution is 5.80. The van der Waals surface area contributed by atoms with Gasteiger partial charge in [-0.3, -0.25) is 4.79 Å². The van der Waals surface area contributed by atoms with Crippen LogP contribution in [-0.2, 0) is 4.79 Å². The topological polar surface area (TPSA) is 47.6 Å². The van der Waals surface area contributed by atoms with E-state index >= 15 is 0 Å². The number of hydrogen-bond acceptors (Lipinski definition) is 3. The van der Waals surface area contributed by atoms with Gasteiger partial charge >= 0.3 is 0 Å². The summed E-state index contributed by atoms with van der Waals surface area (Å²) in [5.74, 6) is 1.41. The molecule has 0 aliphatic carbocycles. The molecule has 0 radical (unpaired) electrons. The molecule has 1 unspecified atom stereocenters. The first-order valence-electron chi connectivity index (χ1n) is 8.58. The molecule has 0 spiro atoms. The van der Waals surface area contributed by atoms with Crippen molar-refractivity contribution < 1.29 is 14.3 Å². The molecule has 0 saturated carbocycles. The summed E-state index contributed by atoms with van der Waals surface area (Å²) in [6, 6.07) is 11.9. The zero-order valence-corrected chi connectivity index (χ0v) is 15.7. The SMILES string of the molecule is Cc1ccc(C)c(OC(C)C(=O)NCCOc2ccc(C)c(C)c2)c1. The van der Waals surface area contributed by atoms with Crippen molar-refractivity contribution in [3.63, 3.8) is 0 Å². The van der Waals surface area contributed by atoms with Crippen LogP contribution in [0.1, 0.15) is 29.2 Å². The summed E-state index contributed by atoms with van der Waals surface area (Å²) in [6.07, 6.45) is -0.554. The zero-order valence-electron chi connectivity index (χ0n) is 15.7. The van der Waals surface area contributed by atoms with E-state index in [9.17, 15) is 4.79 Å². The third-order valence-electron chi connectivity index (χ3n) is 4.17. The van der Waals surface area contributed by atoms with E-state index in [4.69, 9.17) is 9.47 Å². The minimum atomic E-state index is -0.554. The number of aryl methyl sites for hydroxylation is 4. The first kappa shape index (κ1) is 18.8. The van der Waals surface area contributed by atoms with Crippen LogP contribution in [0.25, 0.3) is 0 Å². The smallest absolute Gasteiger partial charge is 0.260 e. The van der Waals surface area contributed by atoms with E-state index < -0.39 is 6.10 Å². The Hall–Kier alpha value is -2.49. The van der Waals surface area contributed by atoms with Crippen molar-refractivity contribution >= 4 is 5.91 Å². The van der Waals surface area contributed by atoms with Crippen molar-refractivity contribution in [2.24, 2.45) is 0 Å². The van der Waals surface area contributed by atoms with E-state index in [1.165, 1.54) is 11.1 Å². The standard InChI is InChI=1S/C21H27NO3/c1-14-6-7-16(3)20(12-14)25-18(5)21(23)22-10-11-24-19-9-8-15(2)17(4)13-19/h6-9,12-13,18H,10-11H2,1-5H3,(H,22,23). The Morgan fingerprint density at radius 3 is 2.44 bits per heavy atom. The molecule has 0 saturated heterocycles. The molecule has 2 aromatic rings. The summed E-state index contributed by atoms with van der Waals surface area (Å²) in [5, 5.41) is 2.84. The van der Waals surface area contributed by atoms with Gasteiger partial charge in [-0.05, 0) is 75.1 Å². The summed E-state index contributed by atoms with van der Waals surface area (Å²) in [4.78, 5) is 12.2. The largest absolute Gasteiger partial charge is 0.492 e. The van der Waals surface area contributed by atoms with E-state index in [0.29, 0.717) is 13.2 Å². The highest BCUT2D eigenvalue weighted by atomic mass is 16.5. The van der Waals surface area contributed by atoms with Crippen LogP contribution in [-0.4, -0.2) is 25.2 Å². The monoisotopic (exact) mass is 341 g/mol. The van der Waals surface area contributed by atoms with Gasteiger partial charge in [-0.1, -0.05) is 18.2 Å². The van der Waals surface area contributed by atoms with Crippen LogP contribution in [0, 0.1) is 27.7 Å². The second-order valence-electron chi connectivity index (χ2n) is 6.41. The maximum atomic E-state index is 12.2. The number of rotatable bonds is 7. The van der Waals surface area contributed by atoms with Gasteiger partial charge in [0.2, 0.25) is 0 Å². The molecule has 0 fully saturated rings. The van der Waals surface area contributed by atoms with Crippen LogP contribution in [0.15, 0.2) is 36.4 Å². The van der Waals surface area contributed by atoms with E-state index in [0.717, 1.165) is 22.6 Å². The first-order valence-corrected chi connectivity index (χ1v) is 8.58. The second-order valence-corrected chi connectivity index (χ2v) is 6.41. The minimum absolute atomic E-state index is 0.149. The van der Waals surface area contributed by atoms with Gasteiger partial charge in [0.05, 0.1) is 6.54 Å². The Kier molecular flexibility index (Phi) is 6.45. The molecule has 2 rings (SSSR count). The highest BCUT2D eigenvalue weighted by Crippen LogP contribution is 2.20. The normalized spacial score (nSPS) is 11.7. The fraction of sp³-hybridized carbons (Fsp3) is 0.381. The van der Waals surface area contributed by atoms with Gasteiger partial charge < -0.3 is 14.8 Å². The predicted octanol–water partition coefficient (Wildman–Crippen LogP) is 3.88. The maximum Gasteiger partial charge on any atom is 0.260 e. The van der Waals surface area contributed by atoms with Crippen molar-refractivity contribution in [3.8, 4) is 11.5 Å².